The summed E-state index contributed by atoms with van der Waals surface area (Å²) >= 11 is 0. The molecule has 2 unspecified atom stereocenters. The maximum Gasteiger partial charge on any atom is 0.0256 e. The highest BCUT2D eigenvalue weighted by Gasteiger charge is 2.31. The first kappa shape index (κ1) is 13.1. The standard InChI is InChI=1S/C17H26N2/c1-2-18-16-10-4-3-5-11-17(16)19-12-14-8-6-7-9-15(14)13-19/h6-9,16-18H,2-5,10-13H2,1H3. The van der Waals surface area contributed by atoms with Crippen LogP contribution in [0.4, 0.5) is 0 Å². The van der Waals surface area contributed by atoms with Crippen LogP contribution in [-0.4, -0.2) is 23.5 Å². The Balaban J connectivity index is 1.73. The average molecular weight is 258 g/mol. The van der Waals surface area contributed by atoms with E-state index in [0.717, 1.165) is 25.7 Å². The van der Waals surface area contributed by atoms with Crippen LogP contribution in [0.5, 0.6) is 0 Å². The van der Waals surface area contributed by atoms with Gasteiger partial charge in [-0.05, 0) is 30.5 Å². The Kier molecular flexibility index (Phi) is 4.19. The third kappa shape index (κ3) is 2.85. The highest BCUT2D eigenvalue weighted by molar-refractivity contribution is 5.30. The molecule has 0 radical (unpaired) electrons. The van der Waals surface area contributed by atoms with Crippen LogP contribution in [0.25, 0.3) is 0 Å². The van der Waals surface area contributed by atoms with E-state index in [1.54, 1.807) is 11.1 Å². The maximum atomic E-state index is 3.74. The molecule has 3 rings (SSSR count). The van der Waals surface area contributed by atoms with E-state index in [9.17, 15) is 0 Å². The molecule has 1 aliphatic heterocycles. The molecule has 19 heavy (non-hydrogen) atoms. The molecule has 2 aliphatic rings. The number of benzene rings is 1. The Morgan fingerprint density at radius 2 is 1.74 bits per heavy atom. The summed E-state index contributed by atoms with van der Waals surface area (Å²) in [6.45, 7) is 5.65. The van der Waals surface area contributed by atoms with Crippen LogP contribution in [0.2, 0.25) is 0 Å². The fourth-order valence-electron chi connectivity index (χ4n) is 3.82. The highest BCUT2D eigenvalue weighted by atomic mass is 15.2. The van der Waals surface area contributed by atoms with Crippen LogP contribution in [0.15, 0.2) is 24.3 Å². The van der Waals surface area contributed by atoms with Gasteiger partial charge in [-0.3, -0.25) is 4.90 Å². The molecule has 0 saturated heterocycles. The lowest BCUT2D eigenvalue weighted by atomic mass is 10.0. The van der Waals surface area contributed by atoms with Crippen molar-refractivity contribution in [3.05, 3.63) is 35.4 Å². The van der Waals surface area contributed by atoms with Gasteiger partial charge in [0.15, 0.2) is 0 Å². The van der Waals surface area contributed by atoms with Crippen LogP contribution in [0, 0.1) is 0 Å². The Morgan fingerprint density at radius 1 is 1.05 bits per heavy atom. The van der Waals surface area contributed by atoms with E-state index in [1.165, 1.54) is 32.1 Å². The van der Waals surface area contributed by atoms with E-state index >= 15 is 0 Å². The summed E-state index contributed by atoms with van der Waals surface area (Å²) in [6, 6.07) is 10.4. The van der Waals surface area contributed by atoms with Crippen molar-refractivity contribution in [2.24, 2.45) is 0 Å². The second-order valence-corrected chi connectivity index (χ2v) is 6.04. The SMILES string of the molecule is CCNC1CCCCCC1N1Cc2ccccc2C1. The topological polar surface area (TPSA) is 15.3 Å². The lowest BCUT2D eigenvalue weighted by Gasteiger charge is -2.33. The zero-order chi connectivity index (χ0) is 13.1. The minimum absolute atomic E-state index is 0.696. The summed E-state index contributed by atoms with van der Waals surface area (Å²) in [5, 5.41) is 3.74. The van der Waals surface area contributed by atoms with Crippen LogP contribution >= 0.6 is 0 Å². The van der Waals surface area contributed by atoms with Gasteiger partial charge in [-0.1, -0.05) is 50.5 Å². The molecule has 2 nitrogen and oxygen atoms in total. The van der Waals surface area contributed by atoms with Gasteiger partial charge < -0.3 is 5.32 Å². The molecule has 0 spiro atoms. The largest absolute Gasteiger partial charge is 0.313 e. The van der Waals surface area contributed by atoms with E-state index in [2.05, 4.69) is 41.4 Å². The molecule has 2 heteroatoms. The molecule has 0 aromatic heterocycles. The van der Waals surface area contributed by atoms with Crippen molar-refractivity contribution in [3.63, 3.8) is 0 Å². The molecule has 0 amide bonds. The number of nitrogens with zero attached hydrogens (tertiary/aromatic N) is 1. The van der Waals surface area contributed by atoms with Crippen LogP contribution < -0.4 is 5.32 Å². The molecule has 1 aromatic carbocycles. The number of nitrogens with one attached hydrogen (secondary N) is 1. The summed E-state index contributed by atoms with van der Waals surface area (Å²) in [6.07, 6.45) is 6.94. The van der Waals surface area contributed by atoms with Crippen molar-refractivity contribution in [2.45, 2.75) is 64.2 Å². The third-order valence-electron chi connectivity index (χ3n) is 4.78. The van der Waals surface area contributed by atoms with E-state index in [4.69, 9.17) is 0 Å². The van der Waals surface area contributed by atoms with Crippen LogP contribution in [0.1, 0.15) is 50.2 Å². The van der Waals surface area contributed by atoms with Gasteiger partial charge in [0.25, 0.3) is 0 Å². The Hall–Kier alpha value is -0.860. The van der Waals surface area contributed by atoms with Gasteiger partial charge >= 0.3 is 0 Å². The summed E-state index contributed by atoms with van der Waals surface area (Å²) in [4.78, 5) is 2.71. The predicted octanol–water partition coefficient (Wildman–Crippen LogP) is 3.31. The number of hydrogen-bond donors (Lipinski definition) is 1. The zero-order valence-electron chi connectivity index (χ0n) is 12.1. The first-order chi connectivity index (χ1) is 9.38. The molecule has 1 aromatic rings. The molecule has 1 aliphatic carbocycles. The first-order valence-electron chi connectivity index (χ1n) is 7.92. The number of likely N-dealkylation sites (N-methyl/N-ethyl adjacent to an activating group) is 1. The van der Waals surface area contributed by atoms with Gasteiger partial charge in [0.1, 0.15) is 0 Å². The average Bonchev–Trinajstić information content (AvgIpc) is 2.72. The van der Waals surface area contributed by atoms with Gasteiger partial charge in [-0.15, -0.1) is 0 Å². The number of hydrogen-bond acceptors (Lipinski definition) is 2. The van der Waals surface area contributed by atoms with E-state index in [-0.39, 0.29) is 0 Å². The summed E-state index contributed by atoms with van der Waals surface area (Å²) < 4.78 is 0. The van der Waals surface area contributed by atoms with Gasteiger partial charge in [0, 0.05) is 25.2 Å². The summed E-state index contributed by atoms with van der Waals surface area (Å²) in [5.74, 6) is 0. The van der Waals surface area contributed by atoms with Crippen molar-refractivity contribution < 1.29 is 0 Å². The lowest BCUT2D eigenvalue weighted by Crippen LogP contribution is -2.47. The summed E-state index contributed by atoms with van der Waals surface area (Å²) in [7, 11) is 0. The minimum atomic E-state index is 0.696. The quantitative estimate of drug-likeness (QED) is 0.837. The normalized spacial score (nSPS) is 28.1. The van der Waals surface area contributed by atoms with Crippen LogP contribution in [-0.2, 0) is 13.1 Å². The molecule has 104 valence electrons. The van der Waals surface area contributed by atoms with E-state index in [0.29, 0.717) is 6.04 Å². The molecule has 1 saturated carbocycles. The van der Waals surface area contributed by atoms with Gasteiger partial charge in [0.05, 0.1) is 0 Å². The lowest BCUT2D eigenvalue weighted by molar-refractivity contribution is 0.148. The highest BCUT2D eigenvalue weighted by Crippen LogP contribution is 2.30. The maximum absolute atomic E-state index is 3.74. The first-order valence-corrected chi connectivity index (χ1v) is 7.92. The molecule has 1 N–H and O–H groups in total. The van der Waals surface area contributed by atoms with E-state index < -0.39 is 0 Å². The molecular formula is C17H26N2. The smallest absolute Gasteiger partial charge is 0.0256 e. The second-order valence-electron chi connectivity index (χ2n) is 6.04. The van der Waals surface area contributed by atoms with Gasteiger partial charge in [-0.2, -0.15) is 0 Å². The molecule has 0 bridgehead atoms. The fourth-order valence-corrected chi connectivity index (χ4v) is 3.82. The fraction of sp³-hybridized carbons (Fsp3) is 0.647. The van der Waals surface area contributed by atoms with Crippen molar-refractivity contribution in [3.8, 4) is 0 Å². The zero-order valence-corrected chi connectivity index (χ0v) is 12.1. The molecule has 1 heterocycles. The molecular weight excluding hydrogens is 232 g/mol. The van der Waals surface area contributed by atoms with Crippen LogP contribution in [0.3, 0.4) is 0 Å². The monoisotopic (exact) mass is 258 g/mol. The second kappa shape index (κ2) is 6.06. The van der Waals surface area contributed by atoms with Gasteiger partial charge in [-0.25, -0.2) is 0 Å². The number of rotatable bonds is 3. The van der Waals surface area contributed by atoms with Crippen molar-refractivity contribution in [2.75, 3.05) is 6.54 Å². The Morgan fingerprint density at radius 3 is 2.42 bits per heavy atom. The van der Waals surface area contributed by atoms with Crippen molar-refractivity contribution in [1.82, 2.24) is 10.2 Å². The van der Waals surface area contributed by atoms with Gasteiger partial charge in [0.2, 0.25) is 0 Å². The van der Waals surface area contributed by atoms with Crippen molar-refractivity contribution in [1.29, 1.82) is 0 Å². The molecule has 1 fully saturated rings. The Labute approximate surface area is 117 Å². The van der Waals surface area contributed by atoms with Crippen molar-refractivity contribution >= 4 is 0 Å². The van der Waals surface area contributed by atoms with E-state index in [1.807, 2.05) is 0 Å². The Bertz CT molecular complexity index is 390. The predicted molar refractivity (Wildman–Crippen MR) is 80.0 cm³/mol. The molecule has 2 atom stereocenters. The third-order valence-corrected chi connectivity index (χ3v) is 4.78. The minimum Gasteiger partial charge on any atom is -0.313 e. The number of fused-ring (bicyclic) bond motifs is 1. The summed E-state index contributed by atoms with van der Waals surface area (Å²) in [5.41, 5.74) is 3.09.